The molecule has 1 N–H and O–H groups in total. The van der Waals surface area contributed by atoms with Crippen LogP contribution in [0.15, 0.2) is 54.7 Å². The number of aryl methyl sites for hydroxylation is 1. The van der Waals surface area contributed by atoms with Gasteiger partial charge in [0, 0.05) is 38.3 Å². The molecule has 37 heavy (non-hydrogen) atoms. The number of benzene rings is 2. The molecule has 0 aliphatic carbocycles. The Bertz CT molecular complexity index is 1350. The van der Waals surface area contributed by atoms with Crippen molar-refractivity contribution < 1.29 is 14.4 Å². The summed E-state index contributed by atoms with van der Waals surface area (Å²) in [5.41, 5.74) is 5.07. The molecule has 9 nitrogen and oxygen atoms in total. The summed E-state index contributed by atoms with van der Waals surface area (Å²) in [5, 5.41) is 11.0. The first-order valence-electron chi connectivity index (χ1n) is 12.9. The van der Waals surface area contributed by atoms with Crippen LogP contribution < -0.4 is 5.32 Å². The highest BCUT2D eigenvalue weighted by molar-refractivity contribution is 6.05. The second kappa shape index (κ2) is 9.55. The van der Waals surface area contributed by atoms with E-state index in [0.717, 1.165) is 37.2 Å². The number of carbonyl (C=O) groups is 3. The van der Waals surface area contributed by atoms with Crippen molar-refractivity contribution >= 4 is 17.7 Å². The van der Waals surface area contributed by atoms with E-state index in [1.807, 2.05) is 25.4 Å². The lowest BCUT2D eigenvalue weighted by Gasteiger charge is -2.39. The zero-order chi connectivity index (χ0) is 25.5. The molecule has 2 aromatic carbocycles. The highest BCUT2D eigenvalue weighted by atomic mass is 16.2. The van der Waals surface area contributed by atoms with E-state index in [-0.39, 0.29) is 30.2 Å². The average molecular weight is 499 g/mol. The van der Waals surface area contributed by atoms with Gasteiger partial charge in [-0.25, -0.2) is 0 Å². The molecule has 190 valence electrons. The normalized spacial score (nSPS) is 24.3. The van der Waals surface area contributed by atoms with Crippen LogP contribution in [0.2, 0.25) is 0 Å². The molecule has 3 aliphatic heterocycles. The fraction of sp³-hybridized carbons (Fsp3) is 0.393. The van der Waals surface area contributed by atoms with Crippen molar-refractivity contribution in [3.05, 3.63) is 82.7 Å². The predicted molar refractivity (Wildman–Crippen MR) is 135 cm³/mol. The van der Waals surface area contributed by atoms with Gasteiger partial charge in [-0.2, -0.15) is 0 Å². The Kier molecular flexibility index (Phi) is 6.08. The first-order valence-corrected chi connectivity index (χ1v) is 12.9. The predicted octanol–water partition coefficient (Wildman–Crippen LogP) is 2.70. The van der Waals surface area contributed by atoms with Gasteiger partial charge in [0.25, 0.3) is 5.91 Å². The maximum Gasteiger partial charge on any atom is 0.255 e. The Morgan fingerprint density at radius 1 is 1.03 bits per heavy atom. The van der Waals surface area contributed by atoms with E-state index >= 15 is 0 Å². The van der Waals surface area contributed by atoms with Crippen molar-refractivity contribution in [2.24, 2.45) is 7.05 Å². The number of aromatic nitrogens is 3. The molecule has 2 fully saturated rings. The molecule has 9 heteroatoms. The summed E-state index contributed by atoms with van der Waals surface area (Å²) < 4.78 is 1.75. The molecule has 3 amide bonds. The number of hydrogen-bond acceptors (Lipinski definition) is 6. The molecule has 0 bridgehead atoms. The van der Waals surface area contributed by atoms with E-state index < -0.39 is 6.04 Å². The van der Waals surface area contributed by atoms with Crippen molar-refractivity contribution in [1.82, 2.24) is 30.1 Å². The molecular formula is C28H30N6O3. The maximum absolute atomic E-state index is 13.1. The summed E-state index contributed by atoms with van der Waals surface area (Å²) in [6.07, 6.45) is 4.55. The van der Waals surface area contributed by atoms with Gasteiger partial charge in [-0.15, -0.1) is 5.10 Å². The summed E-state index contributed by atoms with van der Waals surface area (Å²) in [7, 11) is 1.89. The Labute approximate surface area is 215 Å². The van der Waals surface area contributed by atoms with Crippen molar-refractivity contribution in [2.45, 2.75) is 56.8 Å². The third kappa shape index (κ3) is 4.55. The Morgan fingerprint density at radius 3 is 2.62 bits per heavy atom. The van der Waals surface area contributed by atoms with E-state index in [1.54, 1.807) is 9.58 Å². The molecular weight excluding hydrogens is 468 g/mol. The van der Waals surface area contributed by atoms with E-state index in [1.165, 1.54) is 11.1 Å². The lowest BCUT2D eigenvalue weighted by atomic mass is 9.83. The number of hydrogen-bond donors (Lipinski definition) is 1. The third-order valence-electron chi connectivity index (χ3n) is 7.92. The Balaban J connectivity index is 1.22. The van der Waals surface area contributed by atoms with Gasteiger partial charge in [-0.05, 0) is 54.5 Å². The lowest BCUT2D eigenvalue weighted by Crippen LogP contribution is -2.52. The van der Waals surface area contributed by atoms with Crippen LogP contribution in [0.4, 0.5) is 0 Å². The van der Waals surface area contributed by atoms with Gasteiger partial charge in [0.15, 0.2) is 0 Å². The fourth-order valence-electron chi connectivity index (χ4n) is 6.00. The number of rotatable bonds is 5. The first-order chi connectivity index (χ1) is 18.0. The minimum Gasteiger partial charge on any atom is -0.322 e. The number of imide groups is 1. The minimum atomic E-state index is -0.594. The molecule has 2 saturated heterocycles. The SMILES string of the molecule is Cn1cc(C2CC(c3ccc4c(c3)CN(C3CCC(=O)NC3=O)C4=O)CCN2Cc2ccccc2)nn1. The summed E-state index contributed by atoms with van der Waals surface area (Å²) >= 11 is 0. The number of likely N-dealkylation sites (tertiary alicyclic amines) is 1. The molecule has 0 radical (unpaired) electrons. The lowest BCUT2D eigenvalue weighted by molar-refractivity contribution is -0.136. The zero-order valence-electron chi connectivity index (χ0n) is 20.8. The quantitative estimate of drug-likeness (QED) is 0.543. The molecule has 6 rings (SSSR count). The van der Waals surface area contributed by atoms with Gasteiger partial charge in [0.1, 0.15) is 6.04 Å². The number of nitrogens with one attached hydrogen (secondary N) is 1. The summed E-state index contributed by atoms with van der Waals surface area (Å²) in [6, 6.07) is 16.2. The van der Waals surface area contributed by atoms with Crippen LogP contribution in [0.5, 0.6) is 0 Å². The van der Waals surface area contributed by atoms with Crippen LogP contribution in [0, 0.1) is 0 Å². The van der Waals surface area contributed by atoms with Crippen LogP contribution in [-0.2, 0) is 29.7 Å². The van der Waals surface area contributed by atoms with Crippen LogP contribution in [0.25, 0.3) is 0 Å². The van der Waals surface area contributed by atoms with E-state index in [9.17, 15) is 14.4 Å². The van der Waals surface area contributed by atoms with Crippen LogP contribution >= 0.6 is 0 Å². The van der Waals surface area contributed by atoms with Crippen LogP contribution in [0.1, 0.15) is 70.4 Å². The van der Waals surface area contributed by atoms with Crippen molar-refractivity contribution in [1.29, 1.82) is 0 Å². The fourth-order valence-corrected chi connectivity index (χ4v) is 6.00. The van der Waals surface area contributed by atoms with Crippen molar-refractivity contribution in [3.8, 4) is 0 Å². The van der Waals surface area contributed by atoms with E-state index in [4.69, 9.17) is 0 Å². The molecule has 4 heterocycles. The van der Waals surface area contributed by atoms with Crippen molar-refractivity contribution in [3.63, 3.8) is 0 Å². The van der Waals surface area contributed by atoms with Crippen molar-refractivity contribution in [2.75, 3.05) is 6.54 Å². The molecule has 3 unspecified atom stereocenters. The summed E-state index contributed by atoms with van der Waals surface area (Å²) in [6.45, 7) is 2.18. The highest BCUT2D eigenvalue weighted by Gasteiger charge is 2.40. The standard InChI is InChI=1S/C28H30N6O3/c1-32-17-23(30-31-32)25-14-20(11-12-33(25)15-18-5-3-2-4-6-18)19-7-8-22-21(13-19)16-34(28(22)37)24-9-10-26(35)29-27(24)36/h2-8,13,17,20,24-25H,9-12,14-16H2,1H3,(H,29,35,36). The largest absolute Gasteiger partial charge is 0.322 e. The van der Waals surface area contributed by atoms with Gasteiger partial charge in [0.05, 0.1) is 11.7 Å². The Morgan fingerprint density at radius 2 is 1.86 bits per heavy atom. The van der Waals surface area contributed by atoms with E-state index in [0.29, 0.717) is 24.4 Å². The Hall–Kier alpha value is -3.85. The van der Waals surface area contributed by atoms with Gasteiger partial charge >= 0.3 is 0 Å². The zero-order valence-corrected chi connectivity index (χ0v) is 20.8. The first kappa shape index (κ1) is 23.5. The molecule has 0 spiro atoms. The van der Waals surface area contributed by atoms with Gasteiger partial charge in [-0.1, -0.05) is 47.7 Å². The number of nitrogens with zero attached hydrogens (tertiary/aromatic N) is 5. The second-order valence-corrected chi connectivity index (χ2v) is 10.3. The number of carbonyl (C=O) groups excluding carboxylic acids is 3. The van der Waals surface area contributed by atoms with Gasteiger partial charge in [0.2, 0.25) is 11.8 Å². The maximum atomic E-state index is 13.1. The van der Waals surface area contributed by atoms with Crippen LogP contribution in [0.3, 0.4) is 0 Å². The van der Waals surface area contributed by atoms with E-state index in [2.05, 4.69) is 56.9 Å². The number of fused-ring (bicyclic) bond motifs is 1. The molecule has 0 saturated carbocycles. The topological polar surface area (TPSA) is 100 Å². The number of amides is 3. The van der Waals surface area contributed by atoms with Gasteiger partial charge < -0.3 is 4.90 Å². The highest BCUT2D eigenvalue weighted by Crippen LogP contribution is 2.40. The average Bonchev–Trinajstić information content (AvgIpc) is 3.47. The minimum absolute atomic E-state index is 0.133. The summed E-state index contributed by atoms with van der Waals surface area (Å²) in [4.78, 5) is 41.2. The smallest absolute Gasteiger partial charge is 0.255 e. The van der Waals surface area contributed by atoms with Gasteiger partial charge in [-0.3, -0.25) is 29.3 Å². The molecule has 3 aliphatic rings. The molecule has 3 aromatic rings. The second-order valence-electron chi connectivity index (χ2n) is 10.3. The monoisotopic (exact) mass is 498 g/mol. The summed E-state index contributed by atoms with van der Waals surface area (Å²) in [5.74, 6) is -0.463. The molecule has 1 aromatic heterocycles. The number of piperidine rings is 2. The third-order valence-corrected chi connectivity index (χ3v) is 7.92. The van der Waals surface area contributed by atoms with Crippen LogP contribution in [-0.4, -0.2) is 55.1 Å². The molecule has 3 atom stereocenters.